The molecule has 1 heterocycles. The van der Waals surface area contributed by atoms with E-state index in [4.69, 9.17) is 5.73 Å². The predicted molar refractivity (Wildman–Crippen MR) is 65.5 cm³/mol. The van der Waals surface area contributed by atoms with Crippen LogP contribution in [-0.2, 0) is 0 Å². The van der Waals surface area contributed by atoms with Crippen molar-refractivity contribution >= 4 is 5.91 Å². The molecule has 4 nitrogen and oxygen atoms in total. The van der Waals surface area contributed by atoms with Gasteiger partial charge in [0, 0.05) is 19.6 Å². The molecule has 1 amide bonds. The minimum Gasteiger partial charge on any atom is -0.388 e. The zero-order valence-electron chi connectivity index (χ0n) is 10.1. The van der Waals surface area contributed by atoms with E-state index in [1.54, 1.807) is 17.0 Å². The summed E-state index contributed by atoms with van der Waals surface area (Å²) in [4.78, 5) is 13.7. The lowest BCUT2D eigenvalue weighted by atomic mass is 9.91. The van der Waals surface area contributed by atoms with Gasteiger partial charge < -0.3 is 15.7 Å². The molecule has 0 spiro atoms. The molecule has 5 heteroatoms. The molecule has 3 N–H and O–H groups in total. The molecule has 0 aliphatic carbocycles. The molecule has 1 aromatic carbocycles. The van der Waals surface area contributed by atoms with Gasteiger partial charge in [-0.05, 0) is 25.0 Å². The number of amides is 1. The van der Waals surface area contributed by atoms with Gasteiger partial charge in [-0.3, -0.25) is 4.79 Å². The number of halogens is 1. The standard InChI is InChI=1S/C13H17FN2O2/c14-11-4-2-1-3-10(11)12(17)16-7-5-13(18,9-15)6-8-16/h1-4,18H,5-9,15H2. The van der Waals surface area contributed by atoms with E-state index in [0.717, 1.165) is 0 Å². The van der Waals surface area contributed by atoms with Crippen LogP contribution in [0.1, 0.15) is 23.2 Å². The molecular formula is C13H17FN2O2. The Morgan fingerprint density at radius 2 is 2.00 bits per heavy atom. The normalized spacial score (nSPS) is 18.7. The number of aliphatic hydroxyl groups is 1. The summed E-state index contributed by atoms with van der Waals surface area (Å²) in [6.45, 7) is 0.996. The SMILES string of the molecule is NCC1(O)CCN(C(=O)c2ccccc2F)CC1. The molecule has 0 saturated carbocycles. The number of rotatable bonds is 2. The van der Waals surface area contributed by atoms with Gasteiger partial charge in [0.05, 0.1) is 11.2 Å². The molecule has 0 aromatic heterocycles. The van der Waals surface area contributed by atoms with E-state index in [1.165, 1.54) is 12.1 Å². The van der Waals surface area contributed by atoms with Crippen molar-refractivity contribution in [3.8, 4) is 0 Å². The fourth-order valence-electron chi connectivity index (χ4n) is 2.14. The summed E-state index contributed by atoms with van der Waals surface area (Å²) in [7, 11) is 0. The topological polar surface area (TPSA) is 66.6 Å². The van der Waals surface area contributed by atoms with Crippen molar-refractivity contribution in [3.05, 3.63) is 35.6 Å². The highest BCUT2D eigenvalue weighted by molar-refractivity contribution is 5.94. The Hall–Kier alpha value is -1.46. The average Bonchev–Trinajstić information content (AvgIpc) is 2.39. The molecule has 18 heavy (non-hydrogen) atoms. The largest absolute Gasteiger partial charge is 0.388 e. The first kappa shape index (κ1) is 13.0. The van der Waals surface area contributed by atoms with E-state index in [2.05, 4.69) is 0 Å². The summed E-state index contributed by atoms with van der Waals surface area (Å²) in [5, 5.41) is 9.97. The summed E-state index contributed by atoms with van der Waals surface area (Å²) < 4.78 is 13.5. The molecular weight excluding hydrogens is 235 g/mol. The van der Waals surface area contributed by atoms with Gasteiger partial charge >= 0.3 is 0 Å². The van der Waals surface area contributed by atoms with Gasteiger partial charge in [0.1, 0.15) is 5.82 Å². The fourth-order valence-corrected chi connectivity index (χ4v) is 2.14. The second-order valence-corrected chi connectivity index (χ2v) is 4.70. The lowest BCUT2D eigenvalue weighted by molar-refractivity contribution is -0.00961. The van der Waals surface area contributed by atoms with Crippen LogP contribution in [0.15, 0.2) is 24.3 Å². The highest BCUT2D eigenvalue weighted by Gasteiger charge is 2.33. The maximum atomic E-state index is 13.5. The Bertz CT molecular complexity index is 442. The number of carbonyl (C=O) groups is 1. The van der Waals surface area contributed by atoms with E-state index in [1.807, 2.05) is 0 Å². The molecule has 1 aromatic rings. The van der Waals surface area contributed by atoms with Gasteiger partial charge in [-0.1, -0.05) is 12.1 Å². The monoisotopic (exact) mass is 252 g/mol. The Morgan fingerprint density at radius 1 is 1.39 bits per heavy atom. The number of benzene rings is 1. The van der Waals surface area contributed by atoms with Crippen molar-refractivity contribution in [1.82, 2.24) is 4.90 Å². The highest BCUT2D eigenvalue weighted by Crippen LogP contribution is 2.22. The third kappa shape index (κ3) is 2.52. The maximum Gasteiger partial charge on any atom is 0.256 e. The third-order valence-corrected chi connectivity index (χ3v) is 3.47. The first-order valence-corrected chi connectivity index (χ1v) is 6.02. The average molecular weight is 252 g/mol. The van der Waals surface area contributed by atoms with Crippen LogP contribution in [-0.4, -0.2) is 41.1 Å². The smallest absolute Gasteiger partial charge is 0.256 e. The highest BCUT2D eigenvalue weighted by atomic mass is 19.1. The second-order valence-electron chi connectivity index (χ2n) is 4.70. The molecule has 1 aliphatic rings. The Morgan fingerprint density at radius 3 is 2.56 bits per heavy atom. The van der Waals surface area contributed by atoms with E-state index < -0.39 is 11.4 Å². The van der Waals surface area contributed by atoms with Crippen molar-refractivity contribution in [1.29, 1.82) is 0 Å². The molecule has 1 fully saturated rings. The van der Waals surface area contributed by atoms with Crippen molar-refractivity contribution in [2.24, 2.45) is 5.73 Å². The van der Waals surface area contributed by atoms with Crippen molar-refractivity contribution in [2.75, 3.05) is 19.6 Å². The van der Waals surface area contributed by atoms with Crippen LogP contribution < -0.4 is 5.73 Å². The van der Waals surface area contributed by atoms with Crippen LogP contribution in [0.5, 0.6) is 0 Å². The van der Waals surface area contributed by atoms with E-state index in [9.17, 15) is 14.3 Å². The molecule has 1 aliphatic heterocycles. The van der Waals surface area contributed by atoms with Crippen molar-refractivity contribution in [2.45, 2.75) is 18.4 Å². The Kier molecular flexibility index (Phi) is 3.63. The van der Waals surface area contributed by atoms with Crippen LogP contribution in [0.3, 0.4) is 0 Å². The van der Waals surface area contributed by atoms with Gasteiger partial charge in [-0.2, -0.15) is 0 Å². The van der Waals surface area contributed by atoms with Gasteiger partial charge in [0.2, 0.25) is 0 Å². The number of nitrogens with two attached hydrogens (primary N) is 1. The maximum absolute atomic E-state index is 13.5. The quantitative estimate of drug-likeness (QED) is 0.816. The van der Waals surface area contributed by atoms with Crippen LogP contribution in [0, 0.1) is 5.82 Å². The fraction of sp³-hybridized carbons (Fsp3) is 0.462. The zero-order valence-corrected chi connectivity index (χ0v) is 10.1. The molecule has 2 rings (SSSR count). The minimum absolute atomic E-state index is 0.0793. The lowest BCUT2D eigenvalue weighted by Gasteiger charge is -2.37. The molecule has 0 bridgehead atoms. The summed E-state index contributed by atoms with van der Waals surface area (Å²) in [6, 6.07) is 5.93. The first-order chi connectivity index (χ1) is 8.56. The molecule has 1 saturated heterocycles. The van der Waals surface area contributed by atoms with Gasteiger partial charge in [-0.25, -0.2) is 4.39 Å². The van der Waals surface area contributed by atoms with Gasteiger partial charge in [0.15, 0.2) is 0 Å². The van der Waals surface area contributed by atoms with Gasteiger partial charge in [0.25, 0.3) is 5.91 Å². The van der Waals surface area contributed by atoms with Crippen LogP contribution in [0.2, 0.25) is 0 Å². The number of carbonyl (C=O) groups excluding carboxylic acids is 1. The second kappa shape index (κ2) is 5.04. The number of piperidine rings is 1. The first-order valence-electron chi connectivity index (χ1n) is 6.02. The number of hydrogen-bond donors (Lipinski definition) is 2. The van der Waals surface area contributed by atoms with Crippen LogP contribution >= 0.6 is 0 Å². The van der Waals surface area contributed by atoms with Crippen LogP contribution in [0.4, 0.5) is 4.39 Å². The summed E-state index contributed by atoms with van der Waals surface area (Å²) in [6.07, 6.45) is 0.868. The minimum atomic E-state index is -0.883. The Labute approximate surface area is 105 Å². The molecule has 98 valence electrons. The summed E-state index contributed by atoms with van der Waals surface area (Å²) in [5.41, 5.74) is 4.68. The van der Waals surface area contributed by atoms with Crippen molar-refractivity contribution in [3.63, 3.8) is 0 Å². The van der Waals surface area contributed by atoms with E-state index >= 15 is 0 Å². The van der Waals surface area contributed by atoms with Gasteiger partial charge in [-0.15, -0.1) is 0 Å². The zero-order chi connectivity index (χ0) is 13.2. The third-order valence-electron chi connectivity index (χ3n) is 3.47. The molecule has 0 unspecified atom stereocenters. The summed E-state index contributed by atoms with van der Waals surface area (Å²) in [5.74, 6) is -0.839. The molecule has 0 radical (unpaired) electrons. The number of likely N-dealkylation sites (tertiary alicyclic amines) is 1. The van der Waals surface area contributed by atoms with E-state index in [-0.39, 0.29) is 18.0 Å². The molecule has 0 atom stereocenters. The predicted octanol–water partition coefficient (Wildman–Crippen LogP) is 0.751. The van der Waals surface area contributed by atoms with E-state index in [0.29, 0.717) is 25.9 Å². The lowest BCUT2D eigenvalue weighted by Crippen LogP contribution is -2.50. The van der Waals surface area contributed by atoms with Crippen LogP contribution in [0.25, 0.3) is 0 Å². The van der Waals surface area contributed by atoms with Crippen molar-refractivity contribution < 1.29 is 14.3 Å². The Balaban J connectivity index is 2.07. The summed E-state index contributed by atoms with van der Waals surface area (Å²) >= 11 is 0. The number of hydrogen-bond acceptors (Lipinski definition) is 3. The number of nitrogens with zero attached hydrogens (tertiary/aromatic N) is 1.